The van der Waals surface area contributed by atoms with E-state index in [0.717, 1.165) is 5.52 Å². The van der Waals surface area contributed by atoms with Crippen LogP contribution < -0.4 is 0 Å². The van der Waals surface area contributed by atoms with Crippen LogP contribution in [0, 0.1) is 0 Å². The highest BCUT2D eigenvalue weighted by Gasteiger charge is 2.00. The molecule has 12 nitrogen and oxygen atoms in total. The molecule has 2 aromatic heterocycles. The van der Waals surface area contributed by atoms with Gasteiger partial charge in [-0.25, -0.2) is 29.1 Å². The predicted octanol–water partition coefficient (Wildman–Crippen LogP) is -1.44. The quantitative estimate of drug-likeness (QED) is 0.307. The molecular weight excluding hydrogens is 318 g/mol. The molecule has 0 spiro atoms. The summed E-state index contributed by atoms with van der Waals surface area (Å²) < 4.78 is 17.8. The molecule has 2 heterocycles. The average molecular weight is 328 g/mol. The minimum Gasteiger partial charge on any atom is -0.303 e. The third kappa shape index (κ3) is 14.7. The van der Waals surface area contributed by atoms with Gasteiger partial charge in [-0.1, -0.05) is 0 Å². The number of hydrogen-bond donors (Lipinski definition) is 6. The van der Waals surface area contributed by atoms with Crippen molar-refractivity contribution in [1.29, 1.82) is 0 Å². The molecule has 6 N–H and O–H groups in total. The van der Waals surface area contributed by atoms with Gasteiger partial charge in [-0.15, -0.1) is 0 Å². The summed E-state index contributed by atoms with van der Waals surface area (Å²) in [5, 5.41) is 0. The van der Waals surface area contributed by atoms with Crippen molar-refractivity contribution in [2.45, 2.75) is 0 Å². The smallest absolute Gasteiger partial charge is 0.303 e. The topological polar surface area (TPSA) is 207 Å². The summed E-state index contributed by atoms with van der Waals surface area (Å²) in [6, 6.07) is 0. The van der Waals surface area contributed by atoms with Gasteiger partial charge in [0.1, 0.15) is 11.8 Å². The lowest BCUT2D eigenvalue weighted by atomic mass is 10.5. The Morgan fingerprint density at radius 2 is 1.25 bits per heavy atom. The summed E-state index contributed by atoms with van der Waals surface area (Å²) >= 11 is 0. The maximum atomic E-state index is 8.88. The molecule has 0 saturated carbocycles. The normalized spacial score (nSPS) is 10.9. The van der Waals surface area contributed by atoms with Crippen molar-refractivity contribution in [2.75, 3.05) is 0 Å². The molecule has 0 atom stereocenters. The van der Waals surface area contributed by atoms with E-state index in [1.165, 1.54) is 6.33 Å². The van der Waals surface area contributed by atoms with Crippen molar-refractivity contribution < 1.29 is 38.5 Å². The van der Waals surface area contributed by atoms with Crippen LogP contribution in [0.25, 0.3) is 11.2 Å². The first kappa shape index (κ1) is 18.6. The Bertz CT molecular complexity index is 525. The highest BCUT2D eigenvalue weighted by atomic mass is 31.2. The monoisotopic (exact) mass is 328 g/mol. The molecule has 0 fully saturated rings. The number of hydrogen-bond acceptors (Lipinski definition) is 6. The fourth-order valence-electron chi connectivity index (χ4n) is 0.724. The van der Waals surface area contributed by atoms with Gasteiger partial charge in [-0.05, 0) is 0 Å². The molecule has 14 heteroatoms. The Kier molecular flexibility index (Phi) is 7.50. The molecular formula is C6H10N4O8P2. The van der Waals surface area contributed by atoms with E-state index in [4.69, 9.17) is 38.5 Å². The molecule has 0 bridgehead atoms. The largest absolute Gasteiger partial charge is 0.466 e. The molecule has 0 aliphatic carbocycles. The molecule has 2 rings (SSSR count). The van der Waals surface area contributed by atoms with Gasteiger partial charge in [-0.2, -0.15) is 0 Å². The standard InChI is InChI=1S/C6H4N4.2H3O4P/c1-2-9-6-5(8-1)3-7-4-10-6;2*1-5(2,3)4/h1-4H;2*(H3,1,2,3,4). The summed E-state index contributed by atoms with van der Waals surface area (Å²) in [6.07, 6.45) is 6.31. The van der Waals surface area contributed by atoms with Crippen LogP contribution in [0.3, 0.4) is 0 Å². The van der Waals surface area contributed by atoms with Crippen molar-refractivity contribution in [2.24, 2.45) is 0 Å². The summed E-state index contributed by atoms with van der Waals surface area (Å²) in [4.78, 5) is 58.8. The zero-order chi connectivity index (χ0) is 15.8. The first-order chi connectivity index (χ1) is 8.97. The van der Waals surface area contributed by atoms with Gasteiger partial charge < -0.3 is 29.4 Å². The van der Waals surface area contributed by atoms with Gasteiger partial charge in [-0.3, -0.25) is 0 Å². The lowest BCUT2D eigenvalue weighted by Crippen LogP contribution is -1.85. The highest BCUT2D eigenvalue weighted by molar-refractivity contribution is 7.45. The second-order valence-corrected chi connectivity index (χ2v) is 4.87. The number of aromatic nitrogens is 4. The first-order valence-corrected chi connectivity index (χ1v) is 7.53. The third-order valence-corrected chi connectivity index (χ3v) is 1.15. The second kappa shape index (κ2) is 8.04. The van der Waals surface area contributed by atoms with Crippen LogP contribution in [0.4, 0.5) is 0 Å². The van der Waals surface area contributed by atoms with Crippen molar-refractivity contribution in [3.63, 3.8) is 0 Å². The van der Waals surface area contributed by atoms with Crippen molar-refractivity contribution >= 4 is 26.8 Å². The van der Waals surface area contributed by atoms with E-state index in [1.807, 2.05) is 0 Å². The van der Waals surface area contributed by atoms with E-state index in [0.29, 0.717) is 5.65 Å². The van der Waals surface area contributed by atoms with Crippen LogP contribution in [0.15, 0.2) is 24.9 Å². The lowest BCUT2D eigenvalue weighted by Gasteiger charge is -1.89. The van der Waals surface area contributed by atoms with E-state index < -0.39 is 15.6 Å². The molecule has 0 saturated heterocycles. The number of fused-ring (bicyclic) bond motifs is 1. The number of phosphoric acid groups is 2. The van der Waals surface area contributed by atoms with Crippen molar-refractivity contribution in [3.8, 4) is 0 Å². The van der Waals surface area contributed by atoms with Gasteiger partial charge >= 0.3 is 15.6 Å². The minimum absolute atomic E-state index is 0.637. The van der Waals surface area contributed by atoms with Crippen molar-refractivity contribution in [1.82, 2.24) is 19.9 Å². The average Bonchev–Trinajstić information content (AvgIpc) is 2.25. The van der Waals surface area contributed by atoms with E-state index >= 15 is 0 Å². The molecule has 0 aromatic carbocycles. The molecule has 112 valence electrons. The van der Waals surface area contributed by atoms with E-state index in [1.54, 1.807) is 18.6 Å². The highest BCUT2D eigenvalue weighted by Crippen LogP contribution is 2.26. The van der Waals surface area contributed by atoms with Gasteiger partial charge in [0.05, 0.1) is 6.20 Å². The van der Waals surface area contributed by atoms with Gasteiger partial charge in [0.15, 0.2) is 5.65 Å². The zero-order valence-corrected chi connectivity index (χ0v) is 11.3. The molecule has 0 aliphatic heterocycles. The first-order valence-electron chi connectivity index (χ1n) is 4.40. The second-order valence-electron chi connectivity index (χ2n) is 2.81. The Hall–Kier alpha value is -1.36. The summed E-state index contributed by atoms with van der Waals surface area (Å²) in [5.41, 5.74) is 1.36. The maximum absolute atomic E-state index is 8.88. The van der Waals surface area contributed by atoms with E-state index in [9.17, 15) is 0 Å². The van der Waals surface area contributed by atoms with Gasteiger partial charge in [0.25, 0.3) is 0 Å². The van der Waals surface area contributed by atoms with Crippen LogP contribution in [0.1, 0.15) is 0 Å². The Labute approximate surface area is 111 Å². The summed E-state index contributed by atoms with van der Waals surface area (Å²) in [7, 11) is -9.28. The Balaban J connectivity index is 0.000000310. The lowest BCUT2D eigenvalue weighted by molar-refractivity contribution is 0.272. The number of rotatable bonds is 0. The van der Waals surface area contributed by atoms with Crippen LogP contribution in [-0.2, 0) is 9.13 Å². The van der Waals surface area contributed by atoms with Crippen LogP contribution in [0.5, 0.6) is 0 Å². The Morgan fingerprint density at radius 1 is 0.800 bits per heavy atom. The summed E-state index contributed by atoms with van der Waals surface area (Å²) in [5.74, 6) is 0. The van der Waals surface area contributed by atoms with Gasteiger partial charge in [0, 0.05) is 12.4 Å². The third-order valence-electron chi connectivity index (χ3n) is 1.15. The fraction of sp³-hybridized carbons (Fsp3) is 0. The van der Waals surface area contributed by atoms with Gasteiger partial charge in [0.2, 0.25) is 0 Å². The van der Waals surface area contributed by atoms with E-state index in [-0.39, 0.29) is 0 Å². The SMILES string of the molecule is O=P(O)(O)O.O=P(O)(O)O.c1cnc2ncncc2n1. The molecule has 0 amide bonds. The molecule has 0 aliphatic rings. The number of nitrogens with zero attached hydrogens (tertiary/aromatic N) is 4. The van der Waals surface area contributed by atoms with Crippen LogP contribution >= 0.6 is 15.6 Å². The van der Waals surface area contributed by atoms with Crippen molar-refractivity contribution in [3.05, 3.63) is 24.9 Å². The molecule has 20 heavy (non-hydrogen) atoms. The van der Waals surface area contributed by atoms with Crippen LogP contribution in [0.2, 0.25) is 0 Å². The minimum atomic E-state index is -4.64. The predicted molar refractivity (Wildman–Crippen MR) is 63.7 cm³/mol. The summed E-state index contributed by atoms with van der Waals surface area (Å²) in [6.45, 7) is 0. The maximum Gasteiger partial charge on any atom is 0.466 e. The molecule has 0 unspecified atom stereocenters. The van der Waals surface area contributed by atoms with Crippen LogP contribution in [-0.4, -0.2) is 49.3 Å². The fourth-order valence-corrected chi connectivity index (χ4v) is 0.724. The Morgan fingerprint density at radius 3 is 1.70 bits per heavy atom. The zero-order valence-electron chi connectivity index (χ0n) is 9.49. The van der Waals surface area contributed by atoms with E-state index in [2.05, 4.69) is 19.9 Å². The molecule has 2 aromatic rings. The molecule has 0 radical (unpaired) electrons.